The van der Waals surface area contributed by atoms with Gasteiger partial charge in [0.2, 0.25) is 16.0 Å². The van der Waals surface area contributed by atoms with E-state index in [9.17, 15) is 13.2 Å². The SMILES string of the molecule is CS(=O)(=O)N1CC(CNc2ncc3c4[nH]ncc4c(=O)n(-c4ccccc4)c3n2)Oc2ccccc21. The largest absolute Gasteiger partial charge is 0.484 e. The van der Waals surface area contributed by atoms with E-state index >= 15 is 0 Å². The van der Waals surface area contributed by atoms with Gasteiger partial charge in [0.05, 0.1) is 53.2 Å². The summed E-state index contributed by atoms with van der Waals surface area (Å²) in [6, 6.07) is 16.2. The van der Waals surface area contributed by atoms with Gasteiger partial charge in [0, 0.05) is 6.20 Å². The first-order valence-corrected chi connectivity index (χ1v) is 13.0. The Labute approximate surface area is 205 Å². The van der Waals surface area contributed by atoms with Gasteiger partial charge in [-0.1, -0.05) is 30.3 Å². The molecule has 5 aromatic rings. The van der Waals surface area contributed by atoms with Gasteiger partial charge in [-0.2, -0.15) is 10.1 Å². The molecule has 0 aliphatic carbocycles. The molecule has 0 fully saturated rings. The zero-order chi connectivity index (χ0) is 24.9. The molecule has 0 radical (unpaired) electrons. The topological polar surface area (TPSA) is 135 Å². The van der Waals surface area contributed by atoms with Crippen LogP contribution in [0.1, 0.15) is 0 Å². The van der Waals surface area contributed by atoms with Gasteiger partial charge in [0.15, 0.2) is 5.65 Å². The number of fused-ring (bicyclic) bond motifs is 4. The van der Waals surface area contributed by atoms with Crippen molar-refractivity contribution in [1.29, 1.82) is 0 Å². The molecule has 1 atom stereocenters. The second-order valence-electron chi connectivity index (χ2n) is 8.45. The molecule has 36 heavy (non-hydrogen) atoms. The molecule has 0 spiro atoms. The van der Waals surface area contributed by atoms with Gasteiger partial charge >= 0.3 is 0 Å². The third kappa shape index (κ3) is 3.71. The standard InChI is InChI=1S/C24H21N7O4S/c1-36(33,34)30-14-16(35-20-10-6-5-9-19(20)30)11-25-24-26-12-17-21-18(13-27-29-21)23(32)31(22(17)28-24)15-7-3-2-4-8-15/h2-10,12-13,16H,11,14H2,1H3,(H,27,29)(H,25,26,28). The summed E-state index contributed by atoms with van der Waals surface area (Å²) >= 11 is 0. The van der Waals surface area contributed by atoms with E-state index < -0.39 is 16.1 Å². The Morgan fingerprint density at radius 3 is 2.67 bits per heavy atom. The highest BCUT2D eigenvalue weighted by molar-refractivity contribution is 7.92. The maximum Gasteiger partial charge on any atom is 0.267 e. The van der Waals surface area contributed by atoms with Crippen LogP contribution >= 0.6 is 0 Å². The molecule has 0 bridgehead atoms. The lowest BCUT2D eigenvalue weighted by atomic mass is 10.2. The predicted molar refractivity (Wildman–Crippen MR) is 136 cm³/mol. The Bertz CT molecular complexity index is 1770. The maximum absolute atomic E-state index is 13.3. The van der Waals surface area contributed by atoms with Crippen molar-refractivity contribution in [3.8, 4) is 11.4 Å². The van der Waals surface area contributed by atoms with Crippen LogP contribution in [-0.4, -0.2) is 58.6 Å². The fourth-order valence-electron chi connectivity index (χ4n) is 4.38. The summed E-state index contributed by atoms with van der Waals surface area (Å²) in [4.78, 5) is 22.4. The Morgan fingerprint density at radius 2 is 1.86 bits per heavy atom. The van der Waals surface area contributed by atoms with Crippen LogP contribution in [0.4, 0.5) is 11.6 Å². The Kier molecular flexibility index (Phi) is 5.11. The molecule has 1 unspecified atom stereocenters. The lowest BCUT2D eigenvalue weighted by Gasteiger charge is -2.34. The number of nitrogens with one attached hydrogen (secondary N) is 2. The number of rotatable bonds is 5. The van der Waals surface area contributed by atoms with Crippen molar-refractivity contribution in [3.05, 3.63) is 77.3 Å². The normalized spacial score (nSPS) is 15.6. The van der Waals surface area contributed by atoms with Gasteiger partial charge in [-0.15, -0.1) is 0 Å². The average molecular weight is 504 g/mol. The van der Waals surface area contributed by atoms with Gasteiger partial charge in [-0.25, -0.2) is 13.4 Å². The summed E-state index contributed by atoms with van der Waals surface area (Å²) in [6.07, 6.45) is 3.81. The van der Waals surface area contributed by atoms with Crippen molar-refractivity contribution in [2.24, 2.45) is 0 Å². The summed E-state index contributed by atoms with van der Waals surface area (Å²) in [5, 5.41) is 11.1. The first-order valence-electron chi connectivity index (χ1n) is 11.2. The molecule has 2 N–H and O–H groups in total. The van der Waals surface area contributed by atoms with Crippen molar-refractivity contribution in [2.75, 3.05) is 29.0 Å². The molecule has 1 aliphatic heterocycles. The third-order valence-electron chi connectivity index (χ3n) is 6.02. The van der Waals surface area contributed by atoms with Gasteiger partial charge in [-0.3, -0.25) is 18.8 Å². The van der Waals surface area contributed by atoms with Crippen LogP contribution in [0.3, 0.4) is 0 Å². The molecule has 11 nitrogen and oxygen atoms in total. The summed E-state index contributed by atoms with van der Waals surface area (Å²) < 4.78 is 33.7. The van der Waals surface area contributed by atoms with Crippen LogP contribution in [0.15, 0.2) is 71.8 Å². The van der Waals surface area contributed by atoms with E-state index in [1.165, 1.54) is 21.3 Å². The number of para-hydroxylation sites is 3. The number of aromatic amines is 1. The smallest absolute Gasteiger partial charge is 0.267 e. The number of benzene rings is 2. The zero-order valence-electron chi connectivity index (χ0n) is 19.1. The number of pyridine rings is 1. The molecule has 6 rings (SSSR count). The van der Waals surface area contributed by atoms with Crippen LogP contribution in [0.25, 0.3) is 27.6 Å². The Hall–Kier alpha value is -4.45. The summed E-state index contributed by atoms with van der Waals surface area (Å²) in [5.41, 5.74) is 1.89. The van der Waals surface area contributed by atoms with Crippen LogP contribution in [0, 0.1) is 0 Å². The first kappa shape index (κ1) is 22.0. The van der Waals surface area contributed by atoms with Crippen molar-refractivity contribution in [1.82, 2.24) is 24.7 Å². The molecule has 1 aliphatic rings. The molecule has 3 aromatic heterocycles. The van der Waals surface area contributed by atoms with E-state index in [1.807, 2.05) is 30.3 Å². The highest BCUT2D eigenvalue weighted by atomic mass is 32.2. The van der Waals surface area contributed by atoms with E-state index in [0.29, 0.717) is 39.1 Å². The second-order valence-corrected chi connectivity index (χ2v) is 10.4. The molecular weight excluding hydrogens is 482 g/mol. The fourth-order valence-corrected chi connectivity index (χ4v) is 5.33. The van der Waals surface area contributed by atoms with Crippen molar-refractivity contribution >= 4 is 43.6 Å². The van der Waals surface area contributed by atoms with Crippen LogP contribution in [0.5, 0.6) is 5.75 Å². The van der Waals surface area contributed by atoms with E-state index in [-0.39, 0.29) is 24.6 Å². The summed E-state index contributed by atoms with van der Waals surface area (Å²) in [7, 11) is -3.49. The van der Waals surface area contributed by atoms with Crippen molar-refractivity contribution in [3.63, 3.8) is 0 Å². The van der Waals surface area contributed by atoms with Gasteiger partial charge in [-0.05, 0) is 24.3 Å². The number of nitrogens with zero attached hydrogens (tertiary/aromatic N) is 5. The number of hydrogen-bond donors (Lipinski definition) is 2. The Morgan fingerprint density at radius 1 is 1.08 bits per heavy atom. The molecular formula is C24H21N7O4S. The van der Waals surface area contributed by atoms with Gasteiger partial charge in [0.25, 0.3) is 5.56 Å². The molecule has 0 saturated carbocycles. The highest BCUT2D eigenvalue weighted by Gasteiger charge is 2.31. The van der Waals surface area contributed by atoms with Crippen LogP contribution < -0.4 is 19.9 Å². The third-order valence-corrected chi connectivity index (χ3v) is 7.17. The van der Waals surface area contributed by atoms with Gasteiger partial charge in [0.1, 0.15) is 11.9 Å². The monoisotopic (exact) mass is 503 g/mol. The number of ether oxygens (including phenoxy) is 1. The van der Waals surface area contributed by atoms with E-state index in [0.717, 1.165) is 0 Å². The van der Waals surface area contributed by atoms with E-state index in [4.69, 9.17) is 4.74 Å². The van der Waals surface area contributed by atoms with Crippen LogP contribution in [0.2, 0.25) is 0 Å². The highest BCUT2D eigenvalue weighted by Crippen LogP contribution is 2.34. The first-order chi connectivity index (χ1) is 17.4. The zero-order valence-corrected chi connectivity index (χ0v) is 19.9. The molecule has 2 aromatic carbocycles. The minimum atomic E-state index is -3.49. The number of H-pyrrole nitrogens is 1. The summed E-state index contributed by atoms with van der Waals surface area (Å²) in [6.45, 7) is 0.383. The quantitative estimate of drug-likeness (QED) is 0.373. The molecule has 0 amide bonds. The number of anilines is 2. The van der Waals surface area contributed by atoms with E-state index in [1.54, 1.807) is 30.5 Å². The minimum absolute atomic E-state index is 0.139. The van der Waals surface area contributed by atoms with Gasteiger partial charge < -0.3 is 10.1 Å². The summed E-state index contributed by atoms with van der Waals surface area (Å²) in [5.74, 6) is 0.763. The maximum atomic E-state index is 13.3. The molecule has 182 valence electrons. The number of aromatic nitrogens is 5. The lowest BCUT2D eigenvalue weighted by molar-refractivity contribution is 0.212. The predicted octanol–water partition coefficient (Wildman–Crippen LogP) is 2.30. The molecule has 0 saturated heterocycles. The molecule has 4 heterocycles. The van der Waals surface area contributed by atoms with Crippen molar-refractivity contribution < 1.29 is 13.2 Å². The molecule has 12 heteroatoms. The number of hydrogen-bond acceptors (Lipinski definition) is 8. The lowest BCUT2D eigenvalue weighted by Crippen LogP contribution is -2.46. The van der Waals surface area contributed by atoms with Crippen LogP contribution in [-0.2, 0) is 10.0 Å². The Balaban J connectivity index is 1.36. The fraction of sp³-hybridized carbons (Fsp3) is 0.167. The minimum Gasteiger partial charge on any atom is -0.484 e. The van der Waals surface area contributed by atoms with Crippen molar-refractivity contribution in [2.45, 2.75) is 6.10 Å². The number of sulfonamides is 1. The van der Waals surface area contributed by atoms with E-state index in [2.05, 4.69) is 25.5 Å². The second kappa shape index (κ2) is 8.34. The average Bonchev–Trinajstić information content (AvgIpc) is 3.38.